The van der Waals surface area contributed by atoms with Gasteiger partial charge in [-0.1, -0.05) is 0 Å². The molecule has 0 unspecified atom stereocenters. The van der Waals surface area contributed by atoms with Gasteiger partial charge in [0, 0.05) is 10.7 Å². The molecule has 0 fully saturated rings. The van der Waals surface area contributed by atoms with Gasteiger partial charge in [0.25, 0.3) is 0 Å². The van der Waals surface area contributed by atoms with Gasteiger partial charge in [0.05, 0.1) is 5.70 Å². The highest BCUT2D eigenvalue weighted by Crippen LogP contribution is 2.22. The number of carbonyl (C=O) groups is 1. The lowest BCUT2D eigenvalue weighted by Crippen LogP contribution is -2.22. The van der Waals surface area contributed by atoms with E-state index in [9.17, 15) is 18.0 Å². The van der Waals surface area contributed by atoms with Crippen molar-refractivity contribution in [2.24, 2.45) is 10.7 Å². The number of halogens is 4. The molecule has 8 heteroatoms. The second-order valence-electron chi connectivity index (χ2n) is 3.09. The van der Waals surface area contributed by atoms with Gasteiger partial charge in [-0.15, -0.1) is 0 Å². The minimum absolute atomic E-state index is 0.107. The van der Waals surface area contributed by atoms with Gasteiger partial charge in [0.1, 0.15) is 5.71 Å². The Bertz CT molecular complexity index is 494. The molecule has 0 aliphatic carbocycles. The van der Waals surface area contributed by atoms with E-state index in [0.29, 0.717) is 10.5 Å². The number of rotatable bonds is 3. The third-order valence-electron chi connectivity index (χ3n) is 1.68. The first-order valence-electron chi connectivity index (χ1n) is 4.52. The lowest BCUT2D eigenvalue weighted by atomic mass is 10.3. The van der Waals surface area contributed by atoms with Crippen LogP contribution in [0.25, 0.3) is 0 Å². The fourth-order valence-corrected chi connectivity index (χ4v) is 1.16. The highest BCUT2D eigenvalue weighted by molar-refractivity contribution is 9.10. The van der Waals surface area contributed by atoms with Gasteiger partial charge in [-0.05, 0) is 34.1 Å². The molecular formula is C10H7BrF3N3O. The van der Waals surface area contributed by atoms with Crippen molar-refractivity contribution in [3.63, 3.8) is 0 Å². The maximum Gasteiger partial charge on any atom is 0.433 e. The van der Waals surface area contributed by atoms with Gasteiger partial charge in [-0.25, -0.2) is 9.98 Å². The van der Waals surface area contributed by atoms with Crippen molar-refractivity contribution >= 4 is 33.7 Å². The van der Waals surface area contributed by atoms with Crippen molar-refractivity contribution in [2.75, 3.05) is 0 Å². The summed E-state index contributed by atoms with van der Waals surface area (Å²) in [5, 5.41) is 0. The predicted octanol–water partition coefficient (Wildman–Crippen LogP) is 2.52. The Morgan fingerprint density at radius 2 is 2.11 bits per heavy atom. The number of aliphatic imine (C=N–C) groups is 1. The zero-order valence-electron chi connectivity index (χ0n) is 8.78. The largest absolute Gasteiger partial charge is 0.433 e. The van der Waals surface area contributed by atoms with Crippen molar-refractivity contribution in [2.45, 2.75) is 6.18 Å². The Hall–Kier alpha value is -1.70. The highest BCUT2D eigenvalue weighted by Gasteiger charge is 2.34. The smallest absolute Gasteiger partial charge is 0.396 e. The number of nitrogens with zero attached hydrogens (tertiary/aromatic N) is 2. The molecular weight excluding hydrogens is 315 g/mol. The van der Waals surface area contributed by atoms with E-state index in [4.69, 9.17) is 5.73 Å². The van der Waals surface area contributed by atoms with Crippen molar-refractivity contribution in [1.29, 1.82) is 0 Å². The first kappa shape index (κ1) is 14.4. The number of aldehydes is 1. The van der Waals surface area contributed by atoms with Crippen LogP contribution in [0.4, 0.5) is 19.0 Å². The van der Waals surface area contributed by atoms with E-state index >= 15 is 0 Å². The molecule has 0 amide bonds. The molecule has 2 N–H and O–H groups in total. The number of nitrogens with two attached hydrogens (primary N) is 1. The molecule has 18 heavy (non-hydrogen) atoms. The van der Waals surface area contributed by atoms with Crippen LogP contribution in [-0.2, 0) is 4.79 Å². The summed E-state index contributed by atoms with van der Waals surface area (Å²) in [5.74, 6) is -0.138. The van der Waals surface area contributed by atoms with Crippen molar-refractivity contribution in [1.82, 2.24) is 4.98 Å². The van der Waals surface area contributed by atoms with E-state index in [1.54, 1.807) is 0 Å². The van der Waals surface area contributed by atoms with Crippen LogP contribution < -0.4 is 5.73 Å². The van der Waals surface area contributed by atoms with E-state index < -0.39 is 17.6 Å². The Balaban J connectivity index is 3.18. The molecule has 4 nitrogen and oxygen atoms in total. The molecule has 1 aromatic heterocycles. The van der Waals surface area contributed by atoms with E-state index in [1.807, 2.05) is 0 Å². The number of hydrogen-bond donors (Lipinski definition) is 1. The second kappa shape index (κ2) is 5.76. The molecule has 0 spiro atoms. The lowest BCUT2D eigenvalue weighted by molar-refractivity contribution is -0.104. The minimum atomic E-state index is -4.72. The second-order valence-corrected chi connectivity index (χ2v) is 4.01. The maximum absolute atomic E-state index is 12.6. The van der Waals surface area contributed by atoms with Gasteiger partial charge in [0.2, 0.25) is 0 Å². The standard InChI is InChI=1S/C10H7BrF3N3O/c11-6-1-2-9(16-4-6)17-8(10(12,13)14)3-7(15)5-18/h1-5H,15H2/b7-3-,17-8?. The normalized spacial score (nSPS) is 13.6. The molecule has 1 heterocycles. The van der Waals surface area contributed by atoms with Gasteiger partial charge in [-0.3, -0.25) is 4.79 Å². The topological polar surface area (TPSA) is 68.3 Å². The molecule has 0 radical (unpaired) electrons. The summed E-state index contributed by atoms with van der Waals surface area (Å²) in [6.45, 7) is 0. The summed E-state index contributed by atoms with van der Waals surface area (Å²) in [6.07, 6.45) is -2.85. The Labute approximate surface area is 109 Å². The Morgan fingerprint density at radius 3 is 2.56 bits per heavy atom. The van der Waals surface area contributed by atoms with Gasteiger partial charge in [-0.2, -0.15) is 13.2 Å². The molecule has 0 bridgehead atoms. The van der Waals surface area contributed by atoms with Crippen LogP contribution in [0.3, 0.4) is 0 Å². The summed E-state index contributed by atoms with van der Waals surface area (Å²) in [5.41, 5.74) is 3.18. The summed E-state index contributed by atoms with van der Waals surface area (Å²) in [7, 11) is 0. The quantitative estimate of drug-likeness (QED) is 0.528. The number of aromatic nitrogens is 1. The molecule has 0 aliphatic heterocycles. The van der Waals surface area contributed by atoms with Gasteiger partial charge in [0.15, 0.2) is 12.1 Å². The predicted molar refractivity (Wildman–Crippen MR) is 63.4 cm³/mol. The average molecular weight is 322 g/mol. The third kappa shape index (κ3) is 4.28. The van der Waals surface area contributed by atoms with Crippen LogP contribution in [-0.4, -0.2) is 23.2 Å². The fourth-order valence-electron chi connectivity index (χ4n) is 0.927. The van der Waals surface area contributed by atoms with Crippen molar-refractivity contribution in [3.05, 3.63) is 34.6 Å². The SMILES string of the molecule is N/C(C=O)=C\C(=Nc1ccc(Br)cn1)C(F)(F)F. The van der Waals surface area contributed by atoms with E-state index in [1.165, 1.54) is 18.3 Å². The third-order valence-corrected chi connectivity index (χ3v) is 2.15. The zero-order valence-corrected chi connectivity index (χ0v) is 10.4. The summed E-state index contributed by atoms with van der Waals surface area (Å²) >= 11 is 3.09. The first-order valence-corrected chi connectivity index (χ1v) is 5.32. The lowest BCUT2D eigenvalue weighted by Gasteiger charge is -2.06. The average Bonchev–Trinajstić information content (AvgIpc) is 2.29. The molecule has 0 aromatic carbocycles. The van der Waals surface area contributed by atoms with Crippen molar-refractivity contribution in [3.8, 4) is 0 Å². The Kier molecular flexibility index (Phi) is 4.60. The summed E-state index contributed by atoms with van der Waals surface area (Å²) < 4.78 is 38.4. The van der Waals surface area contributed by atoms with Crippen LogP contribution in [0, 0.1) is 0 Å². The van der Waals surface area contributed by atoms with E-state index in [0.717, 1.165) is 0 Å². The number of carbonyl (C=O) groups excluding carboxylic acids is 1. The van der Waals surface area contributed by atoms with Gasteiger partial charge < -0.3 is 5.73 Å². The van der Waals surface area contributed by atoms with Crippen molar-refractivity contribution < 1.29 is 18.0 Å². The minimum Gasteiger partial charge on any atom is -0.396 e. The molecule has 0 saturated heterocycles. The first-order chi connectivity index (χ1) is 8.32. The van der Waals surface area contributed by atoms with Crippen LogP contribution in [0.2, 0.25) is 0 Å². The van der Waals surface area contributed by atoms with Gasteiger partial charge >= 0.3 is 6.18 Å². The number of allylic oxidation sites excluding steroid dienone is 2. The van der Waals surface area contributed by atoms with E-state index in [-0.39, 0.29) is 12.1 Å². The molecule has 0 saturated carbocycles. The zero-order chi connectivity index (χ0) is 13.8. The monoisotopic (exact) mass is 321 g/mol. The highest BCUT2D eigenvalue weighted by atomic mass is 79.9. The molecule has 1 rings (SSSR count). The maximum atomic E-state index is 12.6. The van der Waals surface area contributed by atoms with Crippen LogP contribution in [0.1, 0.15) is 0 Å². The molecule has 0 aliphatic rings. The molecule has 96 valence electrons. The summed E-state index contributed by atoms with van der Waals surface area (Å²) in [6, 6.07) is 2.79. The summed E-state index contributed by atoms with van der Waals surface area (Å²) in [4.78, 5) is 17.2. The number of pyridine rings is 1. The molecule has 1 aromatic rings. The Morgan fingerprint density at radius 1 is 1.44 bits per heavy atom. The van der Waals surface area contributed by atoms with Crippen LogP contribution >= 0.6 is 15.9 Å². The van der Waals surface area contributed by atoms with Crippen LogP contribution in [0.5, 0.6) is 0 Å². The van der Waals surface area contributed by atoms with Crippen LogP contribution in [0.15, 0.2) is 39.6 Å². The van der Waals surface area contributed by atoms with E-state index in [2.05, 4.69) is 25.9 Å². The number of alkyl halides is 3. The fraction of sp³-hybridized carbons (Fsp3) is 0.100. The number of hydrogen-bond acceptors (Lipinski definition) is 4. The molecule has 0 atom stereocenters.